The molecular formula is C26H28F3N3O4. The molecule has 4 rings (SSSR count). The third-order valence-electron chi connectivity index (χ3n) is 6.34. The first-order valence-electron chi connectivity index (χ1n) is 11.8. The number of hydrogen-bond acceptors (Lipinski definition) is 5. The van der Waals surface area contributed by atoms with Crippen molar-refractivity contribution in [2.45, 2.75) is 57.0 Å². The van der Waals surface area contributed by atoms with Crippen LogP contribution in [-0.4, -0.2) is 35.3 Å². The van der Waals surface area contributed by atoms with Crippen molar-refractivity contribution < 1.29 is 31.6 Å². The maximum absolute atomic E-state index is 12.9. The zero-order valence-corrected chi connectivity index (χ0v) is 19.6. The van der Waals surface area contributed by atoms with Gasteiger partial charge in [0.2, 0.25) is 5.91 Å². The maximum atomic E-state index is 12.9. The predicted molar refractivity (Wildman–Crippen MR) is 125 cm³/mol. The number of carbonyl (C=O) groups excluding carboxylic acids is 2. The quantitative estimate of drug-likeness (QED) is 0.440. The van der Waals surface area contributed by atoms with Crippen LogP contribution < -0.4 is 10.6 Å². The van der Waals surface area contributed by atoms with Crippen LogP contribution in [0.3, 0.4) is 0 Å². The molecule has 10 heteroatoms. The molecule has 2 amide bonds. The van der Waals surface area contributed by atoms with Crippen LogP contribution in [0.1, 0.15) is 52.7 Å². The van der Waals surface area contributed by atoms with E-state index in [0.29, 0.717) is 13.1 Å². The van der Waals surface area contributed by atoms with Gasteiger partial charge < -0.3 is 19.5 Å². The van der Waals surface area contributed by atoms with Crippen LogP contribution in [0.4, 0.5) is 13.2 Å². The summed E-state index contributed by atoms with van der Waals surface area (Å²) in [6.07, 6.45) is 5.74. The van der Waals surface area contributed by atoms with Crippen molar-refractivity contribution in [1.29, 1.82) is 0 Å². The predicted octanol–water partition coefficient (Wildman–Crippen LogP) is 4.75. The van der Waals surface area contributed by atoms with Crippen LogP contribution in [0.5, 0.6) is 0 Å². The van der Waals surface area contributed by atoms with E-state index in [-0.39, 0.29) is 24.2 Å². The van der Waals surface area contributed by atoms with Crippen LogP contribution in [0.15, 0.2) is 70.3 Å². The van der Waals surface area contributed by atoms with Crippen LogP contribution >= 0.6 is 0 Å². The second-order valence-electron chi connectivity index (χ2n) is 8.96. The van der Waals surface area contributed by atoms with E-state index in [4.69, 9.17) is 8.83 Å². The summed E-state index contributed by atoms with van der Waals surface area (Å²) in [5, 5.41) is 5.46. The van der Waals surface area contributed by atoms with Gasteiger partial charge in [-0.2, -0.15) is 13.2 Å². The Morgan fingerprint density at radius 3 is 2.25 bits per heavy atom. The molecule has 36 heavy (non-hydrogen) atoms. The average molecular weight is 504 g/mol. The highest BCUT2D eigenvalue weighted by Gasteiger charge is 2.32. The summed E-state index contributed by atoms with van der Waals surface area (Å²) >= 11 is 0. The van der Waals surface area contributed by atoms with Crippen molar-refractivity contribution in [2.75, 3.05) is 6.54 Å². The third-order valence-corrected chi connectivity index (χ3v) is 6.34. The first-order chi connectivity index (χ1) is 17.3. The lowest BCUT2D eigenvalue weighted by atomic mass is 9.88. The van der Waals surface area contributed by atoms with Crippen molar-refractivity contribution in [3.05, 3.63) is 83.7 Å². The molecule has 1 aliphatic carbocycles. The van der Waals surface area contributed by atoms with Crippen LogP contribution in [0.2, 0.25) is 0 Å². The highest BCUT2D eigenvalue weighted by molar-refractivity contribution is 5.96. The van der Waals surface area contributed by atoms with Crippen molar-refractivity contribution in [1.82, 2.24) is 15.5 Å². The van der Waals surface area contributed by atoms with Gasteiger partial charge in [-0.25, -0.2) is 0 Å². The van der Waals surface area contributed by atoms with Crippen molar-refractivity contribution in [2.24, 2.45) is 0 Å². The number of carbonyl (C=O) groups is 2. The smallest absolute Gasteiger partial charge is 0.416 e. The van der Waals surface area contributed by atoms with Gasteiger partial charge in [0.25, 0.3) is 5.91 Å². The zero-order chi connectivity index (χ0) is 25.5. The summed E-state index contributed by atoms with van der Waals surface area (Å²) < 4.78 is 49.3. The Morgan fingerprint density at radius 1 is 0.972 bits per heavy atom. The number of nitrogens with zero attached hydrogens (tertiary/aromatic N) is 1. The fraction of sp³-hybridized carbons (Fsp3) is 0.385. The number of amides is 2. The van der Waals surface area contributed by atoms with Crippen molar-refractivity contribution >= 4 is 11.8 Å². The number of benzene rings is 1. The Hall–Kier alpha value is -3.53. The molecule has 0 saturated heterocycles. The maximum Gasteiger partial charge on any atom is 0.416 e. The van der Waals surface area contributed by atoms with Gasteiger partial charge in [-0.3, -0.25) is 14.5 Å². The standard InChI is InChI=1S/C26H28F3N3O4/c27-26(28,29)21-5-3-4-20(12-21)25(34)30-13-24(33)31-22-6-1-2-7-23(22)32(14-18-8-10-35-16-18)15-19-9-11-36-17-19/h3-5,8-12,16-17,22-23H,1-2,6-7,13-15H2,(H,30,34)(H,31,33). The number of halogens is 3. The molecule has 3 aromatic rings. The van der Waals surface area contributed by atoms with Gasteiger partial charge in [-0.1, -0.05) is 18.9 Å². The number of furan rings is 2. The van der Waals surface area contributed by atoms with Gasteiger partial charge in [-0.15, -0.1) is 0 Å². The lowest BCUT2D eigenvalue weighted by molar-refractivity contribution is -0.137. The summed E-state index contributed by atoms with van der Waals surface area (Å²) in [5.74, 6) is -1.13. The minimum absolute atomic E-state index is 0.0478. The van der Waals surface area contributed by atoms with E-state index in [1.807, 2.05) is 12.1 Å². The van der Waals surface area contributed by atoms with E-state index in [1.54, 1.807) is 25.1 Å². The van der Waals surface area contributed by atoms with Gasteiger partial charge in [-0.05, 0) is 43.2 Å². The molecule has 2 heterocycles. The first kappa shape index (κ1) is 25.6. The molecule has 1 aromatic carbocycles. The summed E-state index contributed by atoms with van der Waals surface area (Å²) in [6, 6.07) is 7.83. The Morgan fingerprint density at radius 2 is 1.64 bits per heavy atom. The normalized spacial score (nSPS) is 18.2. The summed E-state index contributed by atoms with van der Waals surface area (Å²) in [7, 11) is 0. The molecule has 0 aliphatic heterocycles. The summed E-state index contributed by atoms with van der Waals surface area (Å²) in [6.45, 7) is 0.928. The number of alkyl halides is 3. The van der Waals surface area contributed by atoms with Gasteiger partial charge in [0.15, 0.2) is 0 Å². The van der Waals surface area contributed by atoms with E-state index in [0.717, 1.165) is 48.9 Å². The molecule has 2 aromatic heterocycles. The SMILES string of the molecule is O=C(CNC(=O)c1cccc(C(F)(F)F)c1)NC1CCCCC1N(Cc1ccoc1)Cc1ccoc1. The molecule has 0 bridgehead atoms. The fourth-order valence-corrected chi connectivity index (χ4v) is 4.60. The average Bonchev–Trinajstić information content (AvgIpc) is 3.57. The van der Waals surface area contributed by atoms with E-state index in [1.165, 1.54) is 12.1 Å². The van der Waals surface area contributed by atoms with Crippen LogP contribution in [0, 0.1) is 0 Å². The molecule has 0 spiro atoms. The third kappa shape index (κ3) is 6.78. The Balaban J connectivity index is 1.38. The van der Waals surface area contributed by atoms with Gasteiger partial charge >= 0.3 is 6.18 Å². The molecule has 7 nitrogen and oxygen atoms in total. The highest BCUT2D eigenvalue weighted by Crippen LogP contribution is 2.29. The monoisotopic (exact) mass is 503 g/mol. The van der Waals surface area contributed by atoms with Crippen molar-refractivity contribution in [3.63, 3.8) is 0 Å². The zero-order valence-electron chi connectivity index (χ0n) is 19.6. The second-order valence-corrected chi connectivity index (χ2v) is 8.96. The van der Waals surface area contributed by atoms with Crippen LogP contribution in [0.25, 0.3) is 0 Å². The van der Waals surface area contributed by atoms with E-state index < -0.39 is 23.6 Å². The minimum Gasteiger partial charge on any atom is -0.472 e. The van der Waals surface area contributed by atoms with Gasteiger partial charge in [0.1, 0.15) is 0 Å². The summed E-state index contributed by atoms with van der Waals surface area (Å²) in [4.78, 5) is 27.4. The second kappa shape index (κ2) is 11.5. The molecule has 1 fully saturated rings. The molecule has 2 atom stereocenters. The van der Waals surface area contributed by atoms with Crippen LogP contribution in [-0.2, 0) is 24.1 Å². The molecule has 0 radical (unpaired) electrons. The van der Waals surface area contributed by atoms with E-state index in [2.05, 4.69) is 15.5 Å². The highest BCUT2D eigenvalue weighted by atomic mass is 19.4. The lowest BCUT2D eigenvalue weighted by Crippen LogP contribution is -2.54. The summed E-state index contributed by atoms with van der Waals surface area (Å²) in [5.41, 5.74) is 0.963. The van der Waals surface area contributed by atoms with Crippen molar-refractivity contribution in [3.8, 4) is 0 Å². The number of hydrogen-bond donors (Lipinski definition) is 2. The number of nitrogens with one attached hydrogen (secondary N) is 2. The Kier molecular flexibility index (Phi) is 8.14. The Labute approximate surface area is 206 Å². The van der Waals surface area contributed by atoms with E-state index >= 15 is 0 Å². The molecule has 1 saturated carbocycles. The van der Waals surface area contributed by atoms with Gasteiger partial charge in [0, 0.05) is 41.9 Å². The van der Waals surface area contributed by atoms with E-state index in [9.17, 15) is 22.8 Å². The van der Waals surface area contributed by atoms with Gasteiger partial charge in [0.05, 0.1) is 37.2 Å². The topological polar surface area (TPSA) is 87.7 Å². The lowest BCUT2D eigenvalue weighted by Gasteiger charge is -2.40. The largest absolute Gasteiger partial charge is 0.472 e. The Bertz CT molecular complexity index is 1090. The molecule has 192 valence electrons. The molecule has 2 N–H and O–H groups in total. The molecule has 2 unspecified atom stereocenters. The minimum atomic E-state index is -4.55. The number of rotatable bonds is 9. The fourth-order valence-electron chi connectivity index (χ4n) is 4.60. The molecule has 1 aliphatic rings. The molecular weight excluding hydrogens is 475 g/mol. The first-order valence-corrected chi connectivity index (χ1v) is 11.8.